The van der Waals surface area contributed by atoms with Crippen LogP contribution in [-0.2, 0) is 9.47 Å². The van der Waals surface area contributed by atoms with Gasteiger partial charge in [0.2, 0.25) is 0 Å². The van der Waals surface area contributed by atoms with E-state index in [-0.39, 0.29) is 17.6 Å². The molecule has 2 fully saturated rings. The molecule has 23 heavy (non-hydrogen) atoms. The number of amides is 1. The van der Waals surface area contributed by atoms with Gasteiger partial charge in [-0.25, -0.2) is 0 Å². The molecule has 1 spiro atoms. The number of hydrogen-bond donors (Lipinski definition) is 0. The Labute approximate surface area is 141 Å². The molecule has 2 aliphatic heterocycles. The number of hydrogen-bond acceptors (Lipinski definition) is 4. The van der Waals surface area contributed by atoms with Gasteiger partial charge in [0.05, 0.1) is 37.0 Å². The standard InChI is InChI=1S/C17H22ClNO4/c1-3-22-13-9-17(23-10-13)6-7-19(11-17)16(20)12-4-5-15(21-2)14(18)8-12/h4-5,8,13H,3,6-7,9-11H2,1-2H3/t13-,17+/m0/s1. The van der Waals surface area contributed by atoms with Crippen molar-refractivity contribution in [2.75, 3.05) is 33.4 Å². The third-order valence-electron chi connectivity index (χ3n) is 4.58. The molecule has 0 saturated carbocycles. The number of carbonyl (C=O) groups excluding carboxylic acids is 1. The lowest BCUT2D eigenvalue weighted by Gasteiger charge is -2.23. The molecule has 0 radical (unpaired) electrons. The van der Waals surface area contributed by atoms with Crippen molar-refractivity contribution in [3.63, 3.8) is 0 Å². The van der Waals surface area contributed by atoms with E-state index in [9.17, 15) is 4.79 Å². The number of benzene rings is 1. The van der Waals surface area contributed by atoms with Crippen LogP contribution in [-0.4, -0.2) is 55.9 Å². The first-order chi connectivity index (χ1) is 11.1. The van der Waals surface area contributed by atoms with Gasteiger partial charge < -0.3 is 19.1 Å². The second kappa shape index (κ2) is 6.67. The minimum atomic E-state index is -0.244. The van der Waals surface area contributed by atoms with Crippen molar-refractivity contribution in [1.82, 2.24) is 4.90 Å². The zero-order valence-electron chi connectivity index (χ0n) is 13.5. The van der Waals surface area contributed by atoms with Crippen molar-refractivity contribution >= 4 is 17.5 Å². The first kappa shape index (κ1) is 16.6. The van der Waals surface area contributed by atoms with E-state index in [0.29, 0.717) is 42.6 Å². The minimum absolute atomic E-state index is 0.0186. The lowest BCUT2D eigenvalue weighted by molar-refractivity contribution is 0.00391. The van der Waals surface area contributed by atoms with Crippen molar-refractivity contribution in [2.24, 2.45) is 0 Å². The molecule has 2 atom stereocenters. The zero-order valence-corrected chi connectivity index (χ0v) is 14.3. The highest BCUT2D eigenvalue weighted by Gasteiger charge is 2.47. The van der Waals surface area contributed by atoms with Crippen molar-refractivity contribution in [3.05, 3.63) is 28.8 Å². The van der Waals surface area contributed by atoms with E-state index in [1.54, 1.807) is 25.3 Å². The molecule has 5 nitrogen and oxygen atoms in total. The summed E-state index contributed by atoms with van der Waals surface area (Å²) in [5, 5.41) is 0.445. The van der Waals surface area contributed by atoms with Crippen LogP contribution in [0.4, 0.5) is 0 Å². The summed E-state index contributed by atoms with van der Waals surface area (Å²) in [4.78, 5) is 14.5. The Hall–Kier alpha value is -1.30. The fourth-order valence-corrected chi connectivity index (χ4v) is 3.69. The van der Waals surface area contributed by atoms with Gasteiger partial charge in [-0.15, -0.1) is 0 Å². The number of methoxy groups -OCH3 is 1. The Bertz CT molecular complexity index is 594. The molecule has 0 aromatic heterocycles. The smallest absolute Gasteiger partial charge is 0.254 e. The average Bonchev–Trinajstić information content (AvgIpc) is 3.14. The van der Waals surface area contributed by atoms with Crippen LogP contribution in [0.1, 0.15) is 30.1 Å². The SMILES string of the molecule is CCO[C@@H]1CO[C@]2(CCN(C(=O)c3ccc(OC)c(Cl)c3)C2)C1. The lowest BCUT2D eigenvalue weighted by atomic mass is 9.98. The Balaban J connectivity index is 1.67. The van der Waals surface area contributed by atoms with E-state index in [1.165, 1.54) is 0 Å². The van der Waals surface area contributed by atoms with E-state index in [2.05, 4.69) is 0 Å². The Morgan fingerprint density at radius 2 is 2.35 bits per heavy atom. The molecular formula is C17H22ClNO4. The van der Waals surface area contributed by atoms with Gasteiger partial charge in [0.25, 0.3) is 5.91 Å². The molecule has 2 heterocycles. The molecule has 0 N–H and O–H groups in total. The molecule has 3 rings (SSSR count). The van der Waals surface area contributed by atoms with Crippen molar-refractivity contribution in [3.8, 4) is 5.75 Å². The third-order valence-corrected chi connectivity index (χ3v) is 4.88. The maximum atomic E-state index is 12.7. The van der Waals surface area contributed by atoms with Crippen molar-refractivity contribution in [1.29, 1.82) is 0 Å². The summed E-state index contributed by atoms with van der Waals surface area (Å²) in [7, 11) is 1.55. The van der Waals surface area contributed by atoms with Crippen LogP contribution in [0, 0.1) is 0 Å². The molecule has 1 amide bonds. The topological polar surface area (TPSA) is 48.0 Å². The second-order valence-corrected chi connectivity index (χ2v) is 6.51. The Kier molecular flexibility index (Phi) is 4.80. The van der Waals surface area contributed by atoms with E-state index < -0.39 is 0 Å². The molecule has 1 aromatic carbocycles. The van der Waals surface area contributed by atoms with E-state index in [0.717, 1.165) is 12.8 Å². The van der Waals surface area contributed by atoms with Crippen LogP contribution >= 0.6 is 11.6 Å². The van der Waals surface area contributed by atoms with Gasteiger partial charge in [0, 0.05) is 25.1 Å². The van der Waals surface area contributed by atoms with Crippen molar-refractivity contribution in [2.45, 2.75) is 31.5 Å². The zero-order chi connectivity index (χ0) is 16.4. The Morgan fingerprint density at radius 3 is 3.04 bits per heavy atom. The second-order valence-electron chi connectivity index (χ2n) is 6.10. The molecule has 0 unspecified atom stereocenters. The number of rotatable bonds is 4. The Morgan fingerprint density at radius 1 is 1.52 bits per heavy atom. The van der Waals surface area contributed by atoms with Crippen LogP contribution in [0.15, 0.2) is 18.2 Å². The highest BCUT2D eigenvalue weighted by Crippen LogP contribution is 2.37. The monoisotopic (exact) mass is 339 g/mol. The number of nitrogens with zero attached hydrogens (tertiary/aromatic N) is 1. The summed E-state index contributed by atoms with van der Waals surface area (Å²) in [6, 6.07) is 5.13. The fourth-order valence-electron chi connectivity index (χ4n) is 3.43. The number of carbonyl (C=O) groups is 1. The maximum Gasteiger partial charge on any atom is 0.254 e. The van der Waals surface area contributed by atoms with Crippen LogP contribution in [0.3, 0.4) is 0 Å². The normalized spacial score (nSPS) is 26.9. The van der Waals surface area contributed by atoms with Gasteiger partial charge in [0.15, 0.2) is 0 Å². The van der Waals surface area contributed by atoms with Crippen LogP contribution in [0.5, 0.6) is 5.75 Å². The molecule has 126 valence electrons. The van der Waals surface area contributed by atoms with Gasteiger partial charge in [-0.2, -0.15) is 0 Å². The quantitative estimate of drug-likeness (QED) is 0.846. The molecule has 0 bridgehead atoms. The fraction of sp³-hybridized carbons (Fsp3) is 0.588. The molecule has 0 aliphatic carbocycles. The first-order valence-electron chi connectivity index (χ1n) is 7.95. The van der Waals surface area contributed by atoms with E-state index in [4.69, 9.17) is 25.8 Å². The van der Waals surface area contributed by atoms with Gasteiger partial charge >= 0.3 is 0 Å². The first-order valence-corrected chi connectivity index (χ1v) is 8.33. The summed E-state index contributed by atoms with van der Waals surface area (Å²) in [6.45, 7) is 4.60. The summed E-state index contributed by atoms with van der Waals surface area (Å²) < 4.78 is 16.8. The summed E-state index contributed by atoms with van der Waals surface area (Å²) in [5.41, 5.74) is 0.332. The minimum Gasteiger partial charge on any atom is -0.495 e. The predicted molar refractivity (Wildman–Crippen MR) is 87.2 cm³/mol. The summed E-state index contributed by atoms with van der Waals surface area (Å²) >= 11 is 6.12. The van der Waals surface area contributed by atoms with Crippen LogP contribution in [0.2, 0.25) is 5.02 Å². The van der Waals surface area contributed by atoms with Crippen LogP contribution < -0.4 is 4.74 Å². The number of likely N-dealkylation sites (tertiary alicyclic amines) is 1. The lowest BCUT2D eigenvalue weighted by Crippen LogP contribution is -2.36. The maximum absolute atomic E-state index is 12.7. The molecule has 2 aliphatic rings. The van der Waals surface area contributed by atoms with Crippen LogP contribution in [0.25, 0.3) is 0 Å². The van der Waals surface area contributed by atoms with Gasteiger partial charge in [-0.1, -0.05) is 11.6 Å². The van der Waals surface area contributed by atoms with Gasteiger partial charge in [0.1, 0.15) is 5.75 Å². The molecule has 1 aromatic rings. The van der Waals surface area contributed by atoms with E-state index >= 15 is 0 Å². The largest absolute Gasteiger partial charge is 0.495 e. The number of ether oxygens (including phenoxy) is 3. The predicted octanol–water partition coefficient (Wildman–Crippen LogP) is 2.76. The highest BCUT2D eigenvalue weighted by molar-refractivity contribution is 6.32. The highest BCUT2D eigenvalue weighted by atomic mass is 35.5. The van der Waals surface area contributed by atoms with Gasteiger partial charge in [-0.05, 0) is 31.5 Å². The molecule has 2 saturated heterocycles. The number of halogens is 1. The third kappa shape index (κ3) is 3.32. The molecular weight excluding hydrogens is 318 g/mol. The molecule has 6 heteroatoms. The van der Waals surface area contributed by atoms with E-state index in [1.807, 2.05) is 11.8 Å². The summed E-state index contributed by atoms with van der Waals surface area (Å²) in [5.74, 6) is 0.551. The van der Waals surface area contributed by atoms with Crippen molar-refractivity contribution < 1.29 is 19.0 Å². The van der Waals surface area contributed by atoms with Gasteiger partial charge in [-0.3, -0.25) is 4.79 Å². The average molecular weight is 340 g/mol. The summed E-state index contributed by atoms with van der Waals surface area (Å²) in [6.07, 6.45) is 1.85.